The van der Waals surface area contributed by atoms with Crippen LogP contribution in [0.15, 0.2) is 16.7 Å². The SMILES string of the molecule is CCC(c1noc(-c2ccc(C)s2)n1)N1CCNCC1. The van der Waals surface area contributed by atoms with Crippen LogP contribution in [0.1, 0.15) is 30.1 Å². The summed E-state index contributed by atoms with van der Waals surface area (Å²) >= 11 is 1.69. The molecule has 20 heavy (non-hydrogen) atoms. The van der Waals surface area contributed by atoms with E-state index in [0.29, 0.717) is 5.89 Å². The molecule has 1 atom stereocenters. The van der Waals surface area contributed by atoms with E-state index in [1.54, 1.807) is 11.3 Å². The van der Waals surface area contributed by atoms with Crippen molar-refractivity contribution in [3.05, 3.63) is 22.8 Å². The number of aryl methyl sites for hydroxylation is 1. The van der Waals surface area contributed by atoms with Gasteiger partial charge in [-0.15, -0.1) is 11.3 Å². The number of nitrogens with zero attached hydrogens (tertiary/aromatic N) is 3. The molecule has 1 aliphatic rings. The van der Waals surface area contributed by atoms with Crippen molar-refractivity contribution in [2.45, 2.75) is 26.3 Å². The number of hydrogen-bond donors (Lipinski definition) is 1. The molecule has 1 unspecified atom stereocenters. The maximum atomic E-state index is 5.44. The second-order valence-electron chi connectivity index (χ2n) is 5.08. The fourth-order valence-corrected chi connectivity index (χ4v) is 3.41. The molecule has 2 aromatic rings. The van der Waals surface area contributed by atoms with Crippen LogP contribution in [-0.2, 0) is 0 Å². The Hall–Kier alpha value is -1.24. The largest absolute Gasteiger partial charge is 0.333 e. The highest BCUT2D eigenvalue weighted by molar-refractivity contribution is 7.15. The smallest absolute Gasteiger partial charge is 0.268 e. The van der Waals surface area contributed by atoms with Gasteiger partial charge in [0.15, 0.2) is 5.82 Å². The van der Waals surface area contributed by atoms with E-state index in [4.69, 9.17) is 4.52 Å². The van der Waals surface area contributed by atoms with E-state index < -0.39 is 0 Å². The number of aromatic nitrogens is 2. The van der Waals surface area contributed by atoms with Crippen molar-refractivity contribution < 1.29 is 4.52 Å². The van der Waals surface area contributed by atoms with Crippen LogP contribution >= 0.6 is 11.3 Å². The first-order valence-corrected chi connectivity index (χ1v) is 7.94. The van der Waals surface area contributed by atoms with Crippen LogP contribution in [0.2, 0.25) is 0 Å². The van der Waals surface area contributed by atoms with E-state index >= 15 is 0 Å². The number of nitrogens with one attached hydrogen (secondary N) is 1. The predicted molar refractivity (Wildman–Crippen MR) is 79.8 cm³/mol. The summed E-state index contributed by atoms with van der Waals surface area (Å²) < 4.78 is 5.44. The normalized spacial score (nSPS) is 18.3. The summed E-state index contributed by atoms with van der Waals surface area (Å²) in [5, 5.41) is 7.58. The molecular weight excluding hydrogens is 272 g/mol. The zero-order valence-electron chi connectivity index (χ0n) is 11.9. The monoisotopic (exact) mass is 292 g/mol. The van der Waals surface area contributed by atoms with Gasteiger partial charge in [-0.1, -0.05) is 12.1 Å². The number of hydrogen-bond acceptors (Lipinski definition) is 6. The molecule has 5 nitrogen and oxygen atoms in total. The predicted octanol–water partition coefficient (Wildman–Crippen LogP) is 2.46. The maximum Gasteiger partial charge on any atom is 0.268 e. The van der Waals surface area contributed by atoms with Crippen LogP contribution in [0.3, 0.4) is 0 Å². The Morgan fingerprint density at radius 1 is 1.40 bits per heavy atom. The first-order chi connectivity index (χ1) is 9.78. The van der Waals surface area contributed by atoms with Crippen molar-refractivity contribution in [2.24, 2.45) is 0 Å². The van der Waals surface area contributed by atoms with Gasteiger partial charge in [0.25, 0.3) is 5.89 Å². The van der Waals surface area contributed by atoms with Crippen molar-refractivity contribution in [3.8, 4) is 10.8 Å². The van der Waals surface area contributed by atoms with E-state index in [2.05, 4.69) is 40.3 Å². The zero-order chi connectivity index (χ0) is 13.9. The third kappa shape index (κ3) is 2.77. The molecule has 1 fully saturated rings. The Labute approximate surface area is 123 Å². The van der Waals surface area contributed by atoms with E-state index in [0.717, 1.165) is 43.3 Å². The third-order valence-corrected chi connectivity index (χ3v) is 4.66. The molecule has 3 heterocycles. The van der Waals surface area contributed by atoms with Crippen molar-refractivity contribution in [1.82, 2.24) is 20.4 Å². The summed E-state index contributed by atoms with van der Waals surface area (Å²) in [4.78, 5) is 9.36. The molecule has 0 saturated carbocycles. The minimum absolute atomic E-state index is 0.260. The molecule has 0 radical (unpaired) electrons. The number of rotatable bonds is 4. The van der Waals surface area contributed by atoms with Crippen molar-refractivity contribution in [3.63, 3.8) is 0 Å². The van der Waals surface area contributed by atoms with Gasteiger partial charge in [-0.05, 0) is 25.5 Å². The van der Waals surface area contributed by atoms with E-state index in [9.17, 15) is 0 Å². The minimum Gasteiger partial charge on any atom is -0.333 e. The highest BCUT2D eigenvalue weighted by Crippen LogP contribution is 2.29. The molecule has 0 aliphatic carbocycles. The van der Waals surface area contributed by atoms with Gasteiger partial charge in [0, 0.05) is 31.1 Å². The minimum atomic E-state index is 0.260. The molecule has 108 valence electrons. The van der Waals surface area contributed by atoms with Gasteiger partial charge in [-0.2, -0.15) is 4.98 Å². The van der Waals surface area contributed by atoms with Gasteiger partial charge < -0.3 is 9.84 Å². The zero-order valence-corrected chi connectivity index (χ0v) is 12.7. The first-order valence-electron chi connectivity index (χ1n) is 7.13. The Morgan fingerprint density at radius 3 is 2.85 bits per heavy atom. The lowest BCUT2D eigenvalue weighted by Gasteiger charge is -2.32. The van der Waals surface area contributed by atoms with Crippen LogP contribution in [0.5, 0.6) is 0 Å². The lowest BCUT2D eigenvalue weighted by molar-refractivity contribution is 0.160. The molecule has 0 spiro atoms. The molecular formula is C14H20N4OS. The number of thiophene rings is 1. The molecule has 1 saturated heterocycles. The molecule has 6 heteroatoms. The molecule has 1 aliphatic heterocycles. The van der Waals surface area contributed by atoms with Crippen molar-refractivity contribution in [1.29, 1.82) is 0 Å². The van der Waals surface area contributed by atoms with E-state index in [-0.39, 0.29) is 6.04 Å². The average Bonchev–Trinajstić information content (AvgIpc) is 3.10. The molecule has 0 aromatic carbocycles. The molecule has 2 aromatic heterocycles. The van der Waals surface area contributed by atoms with E-state index in [1.165, 1.54) is 4.88 Å². The van der Waals surface area contributed by atoms with Gasteiger partial charge in [0.05, 0.1) is 10.9 Å². The summed E-state index contributed by atoms with van der Waals surface area (Å²) in [5.41, 5.74) is 0. The van der Waals surface area contributed by atoms with Crippen LogP contribution in [0.25, 0.3) is 10.8 Å². The fraction of sp³-hybridized carbons (Fsp3) is 0.571. The quantitative estimate of drug-likeness (QED) is 0.938. The topological polar surface area (TPSA) is 54.2 Å². The lowest BCUT2D eigenvalue weighted by Crippen LogP contribution is -2.45. The van der Waals surface area contributed by atoms with Crippen LogP contribution in [-0.4, -0.2) is 41.2 Å². The highest BCUT2D eigenvalue weighted by Gasteiger charge is 2.25. The Kier molecular flexibility index (Phi) is 4.14. The van der Waals surface area contributed by atoms with Gasteiger partial charge in [-0.3, -0.25) is 4.90 Å². The molecule has 0 amide bonds. The van der Waals surface area contributed by atoms with Gasteiger partial charge in [-0.25, -0.2) is 0 Å². The van der Waals surface area contributed by atoms with Gasteiger partial charge in [0.2, 0.25) is 0 Å². The standard InChI is InChI=1S/C14H20N4OS/c1-3-11(18-8-6-15-7-9-18)13-16-14(19-17-13)12-5-4-10(2)20-12/h4-5,11,15H,3,6-9H2,1-2H3. The average molecular weight is 292 g/mol. The van der Waals surface area contributed by atoms with Crippen LogP contribution in [0.4, 0.5) is 0 Å². The fourth-order valence-electron chi connectivity index (χ4n) is 2.62. The van der Waals surface area contributed by atoms with Gasteiger partial charge >= 0.3 is 0 Å². The second-order valence-corrected chi connectivity index (χ2v) is 6.37. The van der Waals surface area contributed by atoms with E-state index in [1.807, 2.05) is 6.07 Å². The lowest BCUT2D eigenvalue weighted by atomic mass is 10.1. The maximum absolute atomic E-state index is 5.44. The Bertz CT molecular complexity index is 559. The number of piperazine rings is 1. The Morgan fingerprint density at radius 2 is 2.20 bits per heavy atom. The summed E-state index contributed by atoms with van der Waals surface area (Å²) in [6.07, 6.45) is 1.00. The summed E-state index contributed by atoms with van der Waals surface area (Å²) in [5.74, 6) is 1.46. The molecule has 0 bridgehead atoms. The second kappa shape index (κ2) is 6.03. The summed E-state index contributed by atoms with van der Waals surface area (Å²) in [7, 11) is 0. The molecule has 1 N–H and O–H groups in total. The van der Waals surface area contributed by atoms with Crippen LogP contribution < -0.4 is 5.32 Å². The Balaban J connectivity index is 1.80. The third-order valence-electron chi connectivity index (χ3n) is 3.67. The van der Waals surface area contributed by atoms with Gasteiger partial charge in [0.1, 0.15) is 0 Å². The highest BCUT2D eigenvalue weighted by atomic mass is 32.1. The van der Waals surface area contributed by atoms with Crippen LogP contribution in [0, 0.1) is 6.92 Å². The van der Waals surface area contributed by atoms with Crippen molar-refractivity contribution >= 4 is 11.3 Å². The first kappa shape index (κ1) is 13.7. The summed E-state index contributed by atoms with van der Waals surface area (Å²) in [6.45, 7) is 8.41. The summed E-state index contributed by atoms with van der Waals surface area (Å²) in [6, 6.07) is 4.39. The van der Waals surface area contributed by atoms with Crippen molar-refractivity contribution in [2.75, 3.05) is 26.2 Å². The molecule has 3 rings (SSSR count).